The first-order chi connectivity index (χ1) is 12.8. The van der Waals surface area contributed by atoms with Gasteiger partial charge in [-0.2, -0.15) is 0 Å². The predicted octanol–water partition coefficient (Wildman–Crippen LogP) is 3.49. The van der Waals surface area contributed by atoms with Crippen LogP contribution in [0.5, 0.6) is 0 Å². The third kappa shape index (κ3) is 5.24. The Hall–Kier alpha value is -2.01. The zero-order valence-corrected chi connectivity index (χ0v) is 16.2. The highest BCUT2D eigenvalue weighted by atomic mass is 15.2. The number of likely N-dealkylation sites (tertiary alicyclic amines) is 1. The molecule has 1 unspecified atom stereocenters. The molecule has 1 aliphatic heterocycles. The molecule has 0 spiro atoms. The maximum absolute atomic E-state index is 4.73. The second kappa shape index (κ2) is 9.62. The van der Waals surface area contributed by atoms with Crippen LogP contribution in [0.15, 0.2) is 35.3 Å². The van der Waals surface area contributed by atoms with Crippen LogP contribution in [0.1, 0.15) is 45.2 Å². The highest BCUT2D eigenvalue weighted by Gasteiger charge is 2.17. The fraction of sp³-hybridized carbons (Fsp3) is 0.571. The van der Waals surface area contributed by atoms with E-state index in [-0.39, 0.29) is 0 Å². The number of nitrogens with one attached hydrogen (secondary N) is 3. The summed E-state index contributed by atoms with van der Waals surface area (Å²) in [6.45, 7) is 9.40. The molecule has 2 aromatic rings. The second-order valence-corrected chi connectivity index (χ2v) is 7.24. The van der Waals surface area contributed by atoms with Crippen molar-refractivity contribution >= 4 is 16.9 Å². The van der Waals surface area contributed by atoms with Crippen molar-refractivity contribution < 1.29 is 0 Å². The maximum atomic E-state index is 4.73. The second-order valence-electron chi connectivity index (χ2n) is 7.24. The number of rotatable bonds is 7. The van der Waals surface area contributed by atoms with Gasteiger partial charge in [-0.15, -0.1) is 0 Å². The average Bonchev–Trinajstić information content (AvgIpc) is 3.07. The normalized spacial score (nSPS) is 19.0. The van der Waals surface area contributed by atoms with Gasteiger partial charge in [0, 0.05) is 36.9 Å². The summed E-state index contributed by atoms with van der Waals surface area (Å²) in [6, 6.07) is 11.3. The van der Waals surface area contributed by atoms with Crippen LogP contribution in [0.3, 0.4) is 0 Å². The van der Waals surface area contributed by atoms with E-state index in [1.807, 2.05) is 0 Å². The van der Waals surface area contributed by atoms with Crippen LogP contribution < -0.4 is 10.6 Å². The number of hydrogen-bond donors (Lipinski definition) is 3. The van der Waals surface area contributed by atoms with Gasteiger partial charge in [-0.05, 0) is 57.2 Å². The van der Waals surface area contributed by atoms with E-state index in [0.717, 1.165) is 37.2 Å². The number of nitrogens with zero attached hydrogens (tertiary/aromatic N) is 2. The molecule has 0 bridgehead atoms. The molecule has 5 heteroatoms. The Morgan fingerprint density at radius 2 is 2.15 bits per heavy atom. The Morgan fingerprint density at radius 3 is 2.96 bits per heavy atom. The molecule has 1 aromatic heterocycles. The van der Waals surface area contributed by atoms with Gasteiger partial charge in [-0.25, -0.2) is 4.99 Å². The molecule has 1 saturated heterocycles. The van der Waals surface area contributed by atoms with Crippen LogP contribution in [0.25, 0.3) is 10.9 Å². The third-order valence-corrected chi connectivity index (χ3v) is 5.19. The molecule has 0 saturated carbocycles. The SMILES string of the molecule is CCNC(=NCc1cc2ccccc2[nH]1)NCCCN1CCCCC1C. The lowest BCUT2D eigenvalue weighted by molar-refractivity contribution is 0.159. The summed E-state index contributed by atoms with van der Waals surface area (Å²) < 4.78 is 0. The molecule has 1 aliphatic rings. The number of fused-ring (bicyclic) bond motifs is 1. The van der Waals surface area contributed by atoms with Gasteiger partial charge in [-0.3, -0.25) is 0 Å². The van der Waals surface area contributed by atoms with Crippen LogP contribution in [-0.2, 0) is 6.54 Å². The first kappa shape index (κ1) is 18.8. The Labute approximate surface area is 157 Å². The smallest absolute Gasteiger partial charge is 0.191 e. The molecule has 26 heavy (non-hydrogen) atoms. The standard InChI is InChI=1S/C21H33N5/c1-3-22-21(23-12-8-14-26-13-7-6-9-17(26)2)24-16-19-15-18-10-4-5-11-20(18)25-19/h4-5,10-11,15,17,25H,3,6-9,12-14,16H2,1-2H3,(H2,22,23,24). The maximum Gasteiger partial charge on any atom is 0.191 e. The van der Waals surface area contributed by atoms with Crippen LogP contribution in [-0.4, -0.2) is 48.1 Å². The van der Waals surface area contributed by atoms with Gasteiger partial charge in [0.2, 0.25) is 0 Å². The van der Waals surface area contributed by atoms with Gasteiger partial charge < -0.3 is 20.5 Å². The van der Waals surface area contributed by atoms with Gasteiger partial charge in [0.25, 0.3) is 0 Å². The lowest BCUT2D eigenvalue weighted by Gasteiger charge is -2.33. The molecule has 0 radical (unpaired) electrons. The number of para-hydroxylation sites is 1. The molecule has 1 fully saturated rings. The molecule has 1 atom stereocenters. The Balaban J connectivity index is 1.47. The van der Waals surface area contributed by atoms with E-state index in [4.69, 9.17) is 4.99 Å². The predicted molar refractivity (Wildman–Crippen MR) is 111 cm³/mol. The topological polar surface area (TPSA) is 55.5 Å². The van der Waals surface area contributed by atoms with Crippen molar-refractivity contribution in [3.8, 4) is 0 Å². The van der Waals surface area contributed by atoms with Crippen molar-refractivity contribution in [2.45, 2.75) is 52.1 Å². The quantitative estimate of drug-likeness (QED) is 0.405. The van der Waals surface area contributed by atoms with Crippen molar-refractivity contribution in [3.63, 3.8) is 0 Å². The minimum absolute atomic E-state index is 0.660. The molecule has 3 N–H and O–H groups in total. The van der Waals surface area contributed by atoms with Crippen molar-refractivity contribution in [2.75, 3.05) is 26.2 Å². The van der Waals surface area contributed by atoms with Gasteiger partial charge in [0.05, 0.1) is 6.54 Å². The number of aromatic nitrogens is 1. The Kier molecular flexibility index (Phi) is 6.95. The monoisotopic (exact) mass is 355 g/mol. The van der Waals surface area contributed by atoms with Crippen LogP contribution in [0.4, 0.5) is 0 Å². The van der Waals surface area contributed by atoms with E-state index in [1.165, 1.54) is 43.3 Å². The largest absolute Gasteiger partial charge is 0.357 e. The lowest BCUT2D eigenvalue weighted by atomic mass is 10.0. The summed E-state index contributed by atoms with van der Waals surface area (Å²) in [4.78, 5) is 10.8. The van der Waals surface area contributed by atoms with Crippen molar-refractivity contribution in [3.05, 3.63) is 36.0 Å². The summed E-state index contributed by atoms with van der Waals surface area (Å²) in [5.41, 5.74) is 2.32. The average molecular weight is 356 g/mol. The molecule has 2 heterocycles. The lowest BCUT2D eigenvalue weighted by Crippen LogP contribution is -2.41. The number of aliphatic imine (C=N–C) groups is 1. The van der Waals surface area contributed by atoms with E-state index in [9.17, 15) is 0 Å². The number of guanidine groups is 1. The zero-order valence-electron chi connectivity index (χ0n) is 16.2. The highest BCUT2D eigenvalue weighted by Crippen LogP contribution is 2.16. The highest BCUT2D eigenvalue weighted by molar-refractivity contribution is 5.81. The third-order valence-electron chi connectivity index (χ3n) is 5.19. The number of H-pyrrole nitrogens is 1. The zero-order chi connectivity index (χ0) is 18.2. The molecule has 1 aromatic carbocycles. The summed E-state index contributed by atoms with van der Waals surface area (Å²) in [5.74, 6) is 0.901. The summed E-state index contributed by atoms with van der Waals surface area (Å²) >= 11 is 0. The minimum atomic E-state index is 0.660. The molecule has 3 rings (SSSR count). The summed E-state index contributed by atoms with van der Waals surface area (Å²) in [6.07, 6.45) is 5.25. The molecule has 5 nitrogen and oxygen atoms in total. The summed E-state index contributed by atoms with van der Waals surface area (Å²) in [7, 11) is 0. The Bertz CT molecular complexity index is 672. The molecular formula is C21H33N5. The van der Waals surface area contributed by atoms with Crippen molar-refractivity contribution in [1.29, 1.82) is 0 Å². The number of hydrogen-bond acceptors (Lipinski definition) is 2. The van der Waals surface area contributed by atoms with Gasteiger partial charge in [-0.1, -0.05) is 24.6 Å². The first-order valence-corrected chi connectivity index (χ1v) is 10.1. The minimum Gasteiger partial charge on any atom is -0.357 e. The Morgan fingerprint density at radius 1 is 1.27 bits per heavy atom. The molecule has 0 amide bonds. The van der Waals surface area contributed by atoms with Crippen molar-refractivity contribution in [1.82, 2.24) is 20.5 Å². The molecular weight excluding hydrogens is 322 g/mol. The van der Waals surface area contributed by atoms with E-state index in [1.54, 1.807) is 0 Å². The number of piperidine rings is 1. The first-order valence-electron chi connectivity index (χ1n) is 10.1. The fourth-order valence-corrected chi connectivity index (χ4v) is 3.70. The van der Waals surface area contributed by atoms with E-state index in [0.29, 0.717) is 6.54 Å². The van der Waals surface area contributed by atoms with E-state index < -0.39 is 0 Å². The van der Waals surface area contributed by atoms with Crippen LogP contribution in [0.2, 0.25) is 0 Å². The van der Waals surface area contributed by atoms with Crippen molar-refractivity contribution in [2.24, 2.45) is 4.99 Å². The van der Waals surface area contributed by atoms with Gasteiger partial charge in [0.15, 0.2) is 5.96 Å². The van der Waals surface area contributed by atoms with E-state index in [2.05, 4.69) is 64.7 Å². The molecule has 0 aliphatic carbocycles. The fourth-order valence-electron chi connectivity index (χ4n) is 3.70. The van der Waals surface area contributed by atoms with Gasteiger partial charge >= 0.3 is 0 Å². The number of aromatic amines is 1. The van der Waals surface area contributed by atoms with Gasteiger partial charge in [0.1, 0.15) is 0 Å². The van der Waals surface area contributed by atoms with E-state index >= 15 is 0 Å². The number of benzene rings is 1. The van der Waals surface area contributed by atoms with Crippen LogP contribution >= 0.6 is 0 Å². The molecule has 142 valence electrons. The summed E-state index contributed by atoms with van der Waals surface area (Å²) in [5, 5.41) is 8.06. The van der Waals surface area contributed by atoms with Crippen LogP contribution in [0, 0.1) is 0 Å².